The van der Waals surface area contributed by atoms with Crippen LogP contribution in [-0.4, -0.2) is 45.3 Å². The smallest absolute Gasteiger partial charge is 0.266 e. The highest BCUT2D eigenvalue weighted by Crippen LogP contribution is 2.35. The molecule has 1 fully saturated rings. The van der Waals surface area contributed by atoms with Gasteiger partial charge in [0.05, 0.1) is 23.7 Å². The number of aryl methyl sites for hydroxylation is 1. The Hall–Kier alpha value is -3.16. The third kappa shape index (κ3) is 4.69. The van der Waals surface area contributed by atoms with E-state index in [-0.39, 0.29) is 5.91 Å². The number of aromatic nitrogens is 2. The number of hydrogen-bond acceptors (Lipinski definition) is 5. The molecule has 1 aliphatic heterocycles. The van der Waals surface area contributed by atoms with Crippen LogP contribution in [0.3, 0.4) is 0 Å². The molecule has 1 amide bonds. The predicted molar refractivity (Wildman–Crippen MR) is 130 cm³/mol. The summed E-state index contributed by atoms with van der Waals surface area (Å²) in [5.74, 6) is 0.814. The normalized spacial score (nSPS) is 16.5. The van der Waals surface area contributed by atoms with Gasteiger partial charge in [0.25, 0.3) is 5.91 Å². The van der Waals surface area contributed by atoms with Gasteiger partial charge in [-0.25, -0.2) is 9.98 Å². The first-order valence-corrected chi connectivity index (χ1v) is 11.4. The minimum absolute atomic E-state index is 0.0491. The van der Waals surface area contributed by atoms with E-state index < -0.39 is 0 Å². The lowest BCUT2D eigenvalue weighted by Crippen LogP contribution is -2.32. The molecule has 0 atom stereocenters. The van der Waals surface area contributed by atoms with E-state index >= 15 is 0 Å². The Bertz CT molecular complexity index is 1150. The fraction of sp³-hybridized carbons (Fsp3) is 0.240. The Morgan fingerprint density at radius 3 is 2.62 bits per heavy atom. The number of pyridine rings is 1. The van der Waals surface area contributed by atoms with Gasteiger partial charge < -0.3 is 9.30 Å². The second-order valence-corrected chi connectivity index (χ2v) is 8.35. The zero-order chi connectivity index (χ0) is 22.5. The molecule has 6 nitrogen and oxygen atoms in total. The standard InChI is InChI=1S/C25H26N4O2S/c1-4-31-15-14-28-24(30)22(32-25(28)27-21-10-6-5-7-11-21)17-20-16-18(2)29(19(20)3)23-12-8-9-13-26-23/h5-13,16-17H,4,14-15H2,1-3H3/b22-17-,27-25?. The number of para-hydroxylation sites is 1. The van der Waals surface area contributed by atoms with Crippen molar-refractivity contribution in [2.75, 3.05) is 19.8 Å². The van der Waals surface area contributed by atoms with Crippen molar-refractivity contribution in [2.45, 2.75) is 20.8 Å². The van der Waals surface area contributed by atoms with Crippen molar-refractivity contribution in [3.05, 3.63) is 82.7 Å². The van der Waals surface area contributed by atoms with Crippen molar-refractivity contribution in [3.8, 4) is 5.82 Å². The molecule has 0 N–H and O–H groups in total. The highest BCUT2D eigenvalue weighted by molar-refractivity contribution is 8.18. The molecule has 164 valence electrons. The van der Waals surface area contributed by atoms with Crippen molar-refractivity contribution < 1.29 is 9.53 Å². The number of carbonyl (C=O) groups excluding carboxylic acids is 1. The SMILES string of the molecule is CCOCCN1C(=O)/C(=C/c2cc(C)n(-c3ccccn3)c2C)SC1=Nc1ccccc1. The van der Waals surface area contributed by atoms with Crippen LogP contribution in [0.15, 0.2) is 70.7 Å². The number of thioether (sulfide) groups is 1. The van der Waals surface area contributed by atoms with E-state index in [1.165, 1.54) is 11.8 Å². The van der Waals surface area contributed by atoms with Gasteiger partial charge in [-0.2, -0.15) is 0 Å². The van der Waals surface area contributed by atoms with Crippen molar-refractivity contribution in [3.63, 3.8) is 0 Å². The number of ether oxygens (including phenoxy) is 1. The van der Waals surface area contributed by atoms with Crippen molar-refractivity contribution in [1.29, 1.82) is 0 Å². The first-order valence-electron chi connectivity index (χ1n) is 10.6. The van der Waals surface area contributed by atoms with E-state index in [4.69, 9.17) is 9.73 Å². The fourth-order valence-corrected chi connectivity index (χ4v) is 4.63. The van der Waals surface area contributed by atoms with E-state index in [1.807, 2.05) is 75.4 Å². The summed E-state index contributed by atoms with van der Waals surface area (Å²) in [6.45, 7) is 7.59. The Kier molecular flexibility index (Phi) is 6.87. The van der Waals surface area contributed by atoms with Gasteiger partial charge in [0, 0.05) is 24.2 Å². The summed E-state index contributed by atoms with van der Waals surface area (Å²) in [7, 11) is 0. The van der Waals surface area contributed by atoms with Crippen LogP contribution >= 0.6 is 11.8 Å². The molecule has 0 radical (unpaired) electrons. The monoisotopic (exact) mass is 446 g/mol. The third-order valence-electron chi connectivity index (χ3n) is 5.17. The minimum Gasteiger partial charge on any atom is -0.380 e. The van der Waals surface area contributed by atoms with Gasteiger partial charge in [-0.3, -0.25) is 9.69 Å². The molecule has 7 heteroatoms. The summed E-state index contributed by atoms with van der Waals surface area (Å²) in [6.07, 6.45) is 3.74. The lowest BCUT2D eigenvalue weighted by molar-refractivity contribution is -0.122. The molecular formula is C25H26N4O2S. The van der Waals surface area contributed by atoms with Crippen LogP contribution in [0.4, 0.5) is 5.69 Å². The average Bonchev–Trinajstić information content (AvgIpc) is 3.25. The molecule has 4 rings (SSSR count). The quantitative estimate of drug-likeness (QED) is 0.373. The van der Waals surface area contributed by atoms with Gasteiger partial charge in [-0.15, -0.1) is 0 Å². The van der Waals surface area contributed by atoms with Crippen LogP contribution in [0, 0.1) is 13.8 Å². The van der Waals surface area contributed by atoms with E-state index in [0.29, 0.717) is 29.8 Å². The molecule has 0 bridgehead atoms. The maximum atomic E-state index is 13.3. The Morgan fingerprint density at radius 2 is 1.91 bits per heavy atom. The number of benzene rings is 1. The number of hydrogen-bond donors (Lipinski definition) is 0. The van der Waals surface area contributed by atoms with E-state index in [0.717, 1.165) is 28.5 Å². The molecule has 1 aromatic carbocycles. The van der Waals surface area contributed by atoms with Gasteiger partial charge in [0.1, 0.15) is 5.82 Å². The molecule has 2 aromatic heterocycles. The second kappa shape index (κ2) is 9.97. The highest BCUT2D eigenvalue weighted by atomic mass is 32.2. The average molecular weight is 447 g/mol. The fourth-order valence-electron chi connectivity index (χ4n) is 3.62. The minimum atomic E-state index is -0.0491. The van der Waals surface area contributed by atoms with Gasteiger partial charge >= 0.3 is 0 Å². The number of amidine groups is 1. The summed E-state index contributed by atoms with van der Waals surface area (Å²) in [5.41, 5.74) is 3.92. The lowest BCUT2D eigenvalue weighted by atomic mass is 10.2. The number of amides is 1. The van der Waals surface area contributed by atoms with Gasteiger partial charge in [0.15, 0.2) is 5.17 Å². The van der Waals surface area contributed by atoms with Crippen molar-refractivity contribution >= 4 is 34.6 Å². The first kappa shape index (κ1) is 22.0. The van der Waals surface area contributed by atoms with Crippen LogP contribution in [-0.2, 0) is 9.53 Å². The highest BCUT2D eigenvalue weighted by Gasteiger charge is 2.33. The van der Waals surface area contributed by atoms with Crippen molar-refractivity contribution in [1.82, 2.24) is 14.5 Å². The predicted octanol–water partition coefficient (Wildman–Crippen LogP) is 5.13. The topological polar surface area (TPSA) is 59.7 Å². The summed E-state index contributed by atoms with van der Waals surface area (Å²) in [6, 6.07) is 17.6. The Balaban J connectivity index is 1.68. The van der Waals surface area contributed by atoms with Gasteiger partial charge in [-0.05, 0) is 74.5 Å². The van der Waals surface area contributed by atoms with E-state index in [2.05, 4.69) is 15.6 Å². The Labute approximate surface area is 192 Å². The number of rotatable bonds is 7. The van der Waals surface area contributed by atoms with Crippen LogP contribution in [0.1, 0.15) is 23.9 Å². The molecule has 3 aromatic rings. The summed E-state index contributed by atoms with van der Waals surface area (Å²) >= 11 is 1.40. The maximum absolute atomic E-state index is 13.3. The zero-order valence-electron chi connectivity index (χ0n) is 18.5. The third-order valence-corrected chi connectivity index (χ3v) is 6.17. The van der Waals surface area contributed by atoms with Crippen LogP contribution in [0.2, 0.25) is 0 Å². The van der Waals surface area contributed by atoms with Gasteiger partial charge in [0.2, 0.25) is 0 Å². The number of aliphatic imine (C=N–C) groups is 1. The number of nitrogens with zero attached hydrogens (tertiary/aromatic N) is 4. The molecule has 0 spiro atoms. The van der Waals surface area contributed by atoms with Crippen LogP contribution in [0.5, 0.6) is 0 Å². The molecule has 3 heterocycles. The molecule has 0 unspecified atom stereocenters. The summed E-state index contributed by atoms with van der Waals surface area (Å²) in [5, 5.41) is 0.672. The summed E-state index contributed by atoms with van der Waals surface area (Å²) in [4.78, 5) is 24.8. The maximum Gasteiger partial charge on any atom is 0.266 e. The van der Waals surface area contributed by atoms with Crippen LogP contribution in [0.25, 0.3) is 11.9 Å². The Morgan fingerprint density at radius 1 is 1.12 bits per heavy atom. The molecule has 1 aliphatic rings. The summed E-state index contributed by atoms with van der Waals surface area (Å²) < 4.78 is 7.59. The van der Waals surface area contributed by atoms with E-state index in [1.54, 1.807) is 11.1 Å². The lowest BCUT2D eigenvalue weighted by Gasteiger charge is -2.15. The molecular weight excluding hydrogens is 420 g/mol. The second-order valence-electron chi connectivity index (χ2n) is 7.34. The molecule has 0 saturated carbocycles. The molecule has 32 heavy (non-hydrogen) atoms. The van der Waals surface area contributed by atoms with E-state index in [9.17, 15) is 4.79 Å². The number of carbonyl (C=O) groups is 1. The van der Waals surface area contributed by atoms with Gasteiger partial charge in [-0.1, -0.05) is 24.3 Å². The van der Waals surface area contributed by atoms with Crippen LogP contribution < -0.4 is 0 Å². The zero-order valence-corrected chi connectivity index (χ0v) is 19.3. The molecule has 1 saturated heterocycles. The largest absolute Gasteiger partial charge is 0.380 e. The molecule has 0 aliphatic carbocycles. The van der Waals surface area contributed by atoms with Crippen molar-refractivity contribution in [2.24, 2.45) is 4.99 Å². The first-order chi connectivity index (χ1) is 15.6.